The molecule has 0 aliphatic heterocycles. The molecule has 0 radical (unpaired) electrons. The molecular weight excluding hydrogens is 381 g/mol. The summed E-state index contributed by atoms with van der Waals surface area (Å²) in [5.41, 5.74) is 5.88. The topological polar surface area (TPSA) is 48.5 Å². The van der Waals surface area contributed by atoms with Crippen LogP contribution in [0.25, 0.3) is 11.3 Å². The number of pyridine rings is 2. The van der Waals surface area contributed by atoms with Gasteiger partial charge in [-0.05, 0) is 62.1 Å². The van der Waals surface area contributed by atoms with Gasteiger partial charge in [0.2, 0.25) is 0 Å². The number of fused-ring (bicyclic) bond motifs is 1. The van der Waals surface area contributed by atoms with E-state index >= 15 is 0 Å². The average molecular weight is 405 g/mol. The second kappa shape index (κ2) is 7.78. The number of benzene rings is 1. The van der Waals surface area contributed by atoms with Crippen LogP contribution in [0.4, 0.5) is 4.39 Å². The van der Waals surface area contributed by atoms with Gasteiger partial charge < -0.3 is 4.74 Å². The fourth-order valence-corrected chi connectivity index (χ4v) is 3.72. The number of rotatable bonds is 5. The standard InChI is InChI=1S/C24H24FN3O2/c1-5-18-11-19(25)10-15(2)21(18)14-30-22-12-20(27-9-7-6-8-23(27)29)13-28-17(4)16(3)26-24(22)28/h6-13H,5,14H2,1-4H3. The zero-order chi connectivity index (χ0) is 21.4. The molecule has 0 fully saturated rings. The van der Waals surface area contributed by atoms with Crippen LogP contribution in [0.2, 0.25) is 0 Å². The molecule has 6 heteroatoms. The lowest BCUT2D eigenvalue weighted by molar-refractivity contribution is 0.306. The lowest BCUT2D eigenvalue weighted by Gasteiger charge is -2.15. The van der Waals surface area contributed by atoms with E-state index in [9.17, 15) is 9.18 Å². The first kappa shape index (κ1) is 19.9. The van der Waals surface area contributed by atoms with Gasteiger partial charge in [-0.3, -0.25) is 13.8 Å². The van der Waals surface area contributed by atoms with E-state index in [4.69, 9.17) is 4.74 Å². The highest BCUT2D eigenvalue weighted by atomic mass is 19.1. The van der Waals surface area contributed by atoms with Crippen molar-refractivity contribution < 1.29 is 9.13 Å². The molecule has 0 N–H and O–H groups in total. The fraction of sp³-hybridized carbons (Fsp3) is 0.250. The maximum Gasteiger partial charge on any atom is 0.255 e. The van der Waals surface area contributed by atoms with Crippen molar-refractivity contribution in [3.8, 4) is 11.4 Å². The van der Waals surface area contributed by atoms with Gasteiger partial charge in [-0.25, -0.2) is 9.37 Å². The molecule has 0 aliphatic carbocycles. The number of imidazole rings is 1. The Bertz CT molecular complexity index is 1300. The summed E-state index contributed by atoms with van der Waals surface area (Å²) in [6.07, 6.45) is 4.33. The van der Waals surface area contributed by atoms with Crippen molar-refractivity contribution in [1.82, 2.24) is 14.0 Å². The third-order valence-corrected chi connectivity index (χ3v) is 5.53. The largest absolute Gasteiger partial charge is 0.485 e. The normalized spacial score (nSPS) is 11.2. The third-order valence-electron chi connectivity index (χ3n) is 5.53. The van der Waals surface area contributed by atoms with Gasteiger partial charge in [0.1, 0.15) is 12.4 Å². The molecular formula is C24H24FN3O2. The second-order valence-electron chi connectivity index (χ2n) is 7.45. The molecule has 5 nitrogen and oxygen atoms in total. The molecule has 1 aromatic carbocycles. The van der Waals surface area contributed by atoms with Crippen LogP contribution < -0.4 is 10.3 Å². The summed E-state index contributed by atoms with van der Waals surface area (Å²) in [6, 6.07) is 9.96. The Morgan fingerprint density at radius 3 is 2.67 bits per heavy atom. The molecule has 0 atom stereocenters. The van der Waals surface area contributed by atoms with Gasteiger partial charge in [0.25, 0.3) is 5.56 Å². The molecule has 0 saturated heterocycles. The third kappa shape index (κ3) is 3.49. The van der Waals surface area contributed by atoms with Crippen molar-refractivity contribution in [1.29, 1.82) is 0 Å². The van der Waals surface area contributed by atoms with E-state index in [1.54, 1.807) is 22.9 Å². The van der Waals surface area contributed by atoms with Gasteiger partial charge >= 0.3 is 0 Å². The highest BCUT2D eigenvalue weighted by Gasteiger charge is 2.15. The van der Waals surface area contributed by atoms with Crippen LogP contribution in [0.5, 0.6) is 5.75 Å². The number of nitrogens with zero attached hydrogens (tertiary/aromatic N) is 3. The Hall–Kier alpha value is -3.41. The van der Waals surface area contributed by atoms with E-state index in [0.29, 0.717) is 30.1 Å². The zero-order valence-corrected chi connectivity index (χ0v) is 17.6. The van der Waals surface area contributed by atoms with Crippen LogP contribution in [-0.4, -0.2) is 14.0 Å². The van der Waals surface area contributed by atoms with Crippen LogP contribution in [-0.2, 0) is 13.0 Å². The van der Waals surface area contributed by atoms with E-state index < -0.39 is 0 Å². The Morgan fingerprint density at radius 1 is 1.13 bits per heavy atom. The van der Waals surface area contributed by atoms with Gasteiger partial charge in [0, 0.05) is 30.2 Å². The summed E-state index contributed by atoms with van der Waals surface area (Å²) in [5, 5.41) is 0. The van der Waals surface area contributed by atoms with E-state index in [2.05, 4.69) is 4.98 Å². The minimum Gasteiger partial charge on any atom is -0.485 e. The molecule has 154 valence electrons. The number of halogens is 1. The van der Waals surface area contributed by atoms with Crippen LogP contribution in [0, 0.1) is 26.6 Å². The molecule has 30 heavy (non-hydrogen) atoms. The van der Waals surface area contributed by atoms with E-state index in [1.807, 2.05) is 50.4 Å². The molecule has 3 aromatic heterocycles. The first-order chi connectivity index (χ1) is 14.4. The highest BCUT2D eigenvalue weighted by molar-refractivity contribution is 5.60. The van der Waals surface area contributed by atoms with Gasteiger partial charge in [-0.1, -0.05) is 13.0 Å². The molecule has 4 aromatic rings. The van der Waals surface area contributed by atoms with Crippen molar-refractivity contribution >= 4 is 5.65 Å². The van der Waals surface area contributed by atoms with Crippen LogP contribution in [0.15, 0.2) is 53.6 Å². The number of hydrogen-bond donors (Lipinski definition) is 0. The van der Waals surface area contributed by atoms with Gasteiger partial charge in [0.15, 0.2) is 11.4 Å². The number of ether oxygens (including phenoxy) is 1. The maximum atomic E-state index is 13.8. The van der Waals surface area contributed by atoms with Gasteiger partial charge in [-0.2, -0.15) is 0 Å². The van der Waals surface area contributed by atoms with Crippen molar-refractivity contribution in [2.45, 2.75) is 40.7 Å². The Morgan fingerprint density at radius 2 is 1.93 bits per heavy atom. The van der Waals surface area contributed by atoms with Crippen molar-refractivity contribution in [2.24, 2.45) is 0 Å². The summed E-state index contributed by atoms with van der Waals surface area (Å²) in [5.74, 6) is 0.339. The highest BCUT2D eigenvalue weighted by Crippen LogP contribution is 2.27. The lowest BCUT2D eigenvalue weighted by Crippen LogP contribution is -2.16. The second-order valence-corrected chi connectivity index (χ2v) is 7.45. The number of aromatic nitrogens is 3. The smallest absolute Gasteiger partial charge is 0.255 e. The minimum atomic E-state index is -0.236. The summed E-state index contributed by atoms with van der Waals surface area (Å²) in [6.45, 7) is 8.11. The SMILES string of the molecule is CCc1cc(F)cc(C)c1COc1cc(-n2ccccc2=O)cn2c(C)c(C)nc12. The Labute approximate surface area is 174 Å². The van der Waals surface area contributed by atoms with E-state index in [1.165, 1.54) is 12.1 Å². The Balaban J connectivity index is 1.82. The molecule has 0 amide bonds. The van der Waals surface area contributed by atoms with E-state index in [0.717, 1.165) is 28.1 Å². The zero-order valence-electron chi connectivity index (χ0n) is 17.6. The molecule has 4 rings (SSSR count). The monoisotopic (exact) mass is 405 g/mol. The molecule has 0 unspecified atom stereocenters. The van der Waals surface area contributed by atoms with Crippen LogP contribution in [0.1, 0.15) is 35.0 Å². The van der Waals surface area contributed by atoms with Crippen molar-refractivity contribution in [3.63, 3.8) is 0 Å². The minimum absolute atomic E-state index is 0.125. The molecule has 0 bridgehead atoms. The molecule has 0 saturated carbocycles. The fourth-order valence-electron chi connectivity index (χ4n) is 3.72. The van der Waals surface area contributed by atoms with Gasteiger partial charge in [-0.15, -0.1) is 0 Å². The molecule has 3 heterocycles. The van der Waals surface area contributed by atoms with Crippen molar-refractivity contribution in [2.75, 3.05) is 0 Å². The number of hydrogen-bond acceptors (Lipinski definition) is 3. The lowest BCUT2D eigenvalue weighted by atomic mass is 10.0. The van der Waals surface area contributed by atoms with Crippen LogP contribution in [0.3, 0.4) is 0 Å². The van der Waals surface area contributed by atoms with Gasteiger partial charge in [0.05, 0.1) is 11.4 Å². The van der Waals surface area contributed by atoms with E-state index in [-0.39, 0.29) is 11.4 Å². The van der Waals surface area contributed by atoms with Crippen LogP contribution >= 0.6 is 0 Å². The Kier molecular flexibility index (Phi) is 5.16. The maximum absolute atomic E-state index is 13.8. The molecule has 0 spiro atoms. The average Bonchev–Trinajstić information content (AvgIpc) is 3.01. The molecule has 0 aliphatic rings. The quantitative estimate of drug-likeness (QED) is 0.484. The van der Waals surface area contributed by atoms with Crippen molar-refractivity contribution in [3.05, 3.63) is 93.0 Å². The number of aryl methyl sites for hydroxylation is 4. The summed E-state index contributed by atoms with van der Waals surface area (Å²) < 4.78 is 23.5. The summed E-state index contributed by atoms with van der Waals surface area (Å²) in [4.78, 5) is 17.0. The predicted octanol–water partition coefficient (Wildman–Crippen LogP) is 4.69. The first-order valence-corrected chi connectivity index (χ1v) is 9.97. The first-order valence-electron chi connectivity index (χ1n) is 9.97. The summed E-state index contributed by atoms with van der Waals surface area (Å²) >= 11 is 0. The predicted molar refractivity (Wildman–Crippen MR) is 115 cm³/mol. The summed E-state index contributed by atoms with van der Waals surface area (Å²) in [7, 11) is 0.